The van der Waals surface area contributed by atoms with E-state index in [1.807, 2.05) is 6.07 Å². The molecule has 0 aromatic heterocycles. The highest BCUT2D eigenvalue weighted by Gasteiger charge is 2.36. The molecular weight excluding hydrogens is 130 g/mol. The zero-order chi connectivity index (χ0) is 7.56. The first-order valence-corrected chi connectivity index (χ1v) is 3.27. The van der Waals surface area contributed by atoms with Crippen molar-refractivity contribution in [3.8, 4) is 6.07 Å². The molecular formula is C7H9NO2. The third-order valence-electron chi connectivity index (χ3n) is 1.69. The zero-order valence-corrected chi connectivity index (χ0v) is 5.83. The topological polar surface area (TPSA) is 50.1 Å². The van der Waals surface area contributed by atoms with Crippen molar-refractivity contribution >= 4 is 5.97 Å². The molecule has 0 saturated heterocycles. The predicted molar refractivity (Wildman–Crippen MR) is 33.8 cm³/mol. The Kier molecular flexibility index (Phi) is 1.91. The second kappa shape index (κ2) is 2.70. The second-order valence-corrected chi connectivity index (χ2v) is 2.47. The molecule has 3 heteroatoms. The summed E-state index contributed by atoms with van der Waals surface area (Å²) in [6, 6.07) is 1.94. The fourth-order valence-electron chi connectivity index (χ4n) is 0.907. The van der Waals surface area contributed by atoms with Crippen LogP contribution in [0.1, 0.15) is 12.8 Å². The van der Waals surface area contributed by atoms with Gasteiger partial charge in [0.05, 0.1) is 13.2 Å². The summed E-state index contributed by atoms with van der Waals surface area (Å²) in [5.74, 6) is -0.618. The van der Waals surface area contributed by atoms with Crippen LogP contribution in [-0.2, 0) is 9.53 Å². The lowest BCUT2D eigenvalue weighted by Crippen LogP contribution is -2.15. The van der Waals surface area contributed by atoms with Gasteiger partial charge in [0.25, 0.3) is 0 Å². The quantitative estimate of drug-likeness (QED) is 0.529. The predicted octanol–water partition coefficient (Wildman–Crippen LogP) is 0.709. The van der Waals surface area contributed by atoms with E-state index in [-0.39, 0.29) is 11.9 Å². The monoisotopic (exact) mass is 139 g/mol. The molecule has 0 aliphatic heterocycles. The molecule has 1 aliphatic carbocycles. The van der Waals surface area contributed by atoms with Crippen LogP contribution >= 0.6 is 0 Å². The maximum absolute atomic E-state index is 10.8. The molecule has 0 spiro atoms. The van der Waals surface area contributed by atoms with Crippen molar-refractivity contribution in [2.24, 2.45) is 11.8 Å². The molecule has 3 nitrogen and oxygen atoms in total. The van der Waals surface area contributed by atoms with E-state index in [0.717, 1.165) is 12.8 Å². The summed E-state index contributed by atoms with van der Waals surface area (Å²) >= 11 is 0. The molecule has 1 aliphatic rings. The van der Waals surface area contributed by atoms with Crippen LogP contribution in [0, 0.1) is 23.2 Å². The molecule has 0 bridgehead atoms. The normalized spacial score (nSPS) is 19.2. The highest BCUT2D eigenvalue weighted by Crippen LogP contribution is 2.36. The number of carbonyl (C=O) groups excluding carboxylic acids is 1. The van der Waals surface area contributed by atoms with Crippen molar-refractivity contribution < 1.29 is 9.53 Å². The first-order valence-electron chi connectivity index (χ1n) is 3.27. The lowest BCUT2D eigenvalue weighted by Gasteiger charge is -2.02. The number of hydrogen-bond donors (Lipinski definition) is 0. The third-order valence-corrected chi connectivity index (χ3v) is 1.69. The fourth-order valence-corrected chi connectivity index (χ4v) is 0.907. The molecule has 0 aromatic carbocycles. The molecule has 0 unspecified atom stereocenters. The minimum absolute atomic E-state index is 0.275. The van der Waals surface area contributed by atoms with E-state index in [1.54, 1.807) is 0 Å². The Balaban J connectivity index is 2.48. The largest absolute Gasteiger partial charge is 0.468 e. The number of hydrogen-bond acceptors (Lipinski definition) is 3. The number of carbonyl (C=O) groups is 1. The van der Waals surface area contributed by atoms with Crippen LogP contribution in [0.5, 0.6) is 0 Å². The van der Waals surface area contributed by atoms with E-state index in [1.165, 1.54) is 7.11 Å². The first-order chi connectivity index (χ1) is 4.79. The van der Waals surface area contributed by atoms with E-state index >= 15 is 0 Å². The molecule has 0 aromatic rings. The van der Waals surface area contributed by atoms with Gasteiger partial charge in [-0.15, -0.1) is 0 Å². The number of esters is 1. The average molecular weight is 139 g/mol. The molecule has 1 rings (SSSR count). The standard InChI is InChI=1S/C7H9NO2/c1-10-7(9)6(4-8)5-2-3-5/h5-6H,2-3H2,1H3/t6-/m0/s1. The fraction of sp³-hybridized carbons (Fsp3) is 0.714. The van der Waals surface area contributed by atoms with Crippen LogP contribution in [0.2, 0.25) is 0 Å². The van der Waals surface area contributed by atoms with Crippen molar-refractivity contribution in [1.29, 1.82) is 5.26 Å². The summed E-state index contributed by atoms with van der Waals surface area (Å²) in [6.45, 7) is 0. The summed E-state index contributed by atoms with van der Waals surface area (Å²) in [6.07, 6.45) is 1.99. The van der Waals surface area contributed by atoms with Gasteiger partial charge in [-0.3, -0.25) is 4.79 Å². The molecule has 10 heavy (non-hydrogen) atoms. The Morgan fingerprint density at radius 1 is 1.80 bits per heavy atom. The summed E-state index contributed by atoms with van der Waals surface area (Å²) in [5.41, 5.74) is 0. The van der Waals surface area contributed by atoms with Crippen LogP contribution in [-0.4, -0.2) is 13.1 Å². The van der Waals surface area contributed by atoms with Crippen molar-refractivity contribution in [2.45, 2.75) is 12.8 Å². The van der Waals surface area contributed by atoms with E-state index in [2.05, 4.69) is 4.74 Å². The van der Waals surface area contributed by atoms with Crippen LogP contribution in [0.4, 0.5) is 0 Å². The first kappa shape index (κ1) is 7.07. The molecule has 1 atom stereocenters. The molecule has 0 N–H and O–H groups in total. The van der Waals surface area contributed by atoms with Gasteiger partial charge in [0.15, 0.2) is 0 Å². The maximum atomic E-state index is 10.8. The Bertz CT molecular complexity index is 179. The van der Waals surface area contributed by atoms with Crippen LogP contribution in [0.25, 0.3) is 0 Å². The number of ether oxygens (including phenoxy) is 1. The van der Waals surface area contributed by atoms with Gasteiger partial charge in [-0.05, 0) is 18.8 Å². The summed E-state index contributed by atoms with van der Waals surface area (Å²) in [4.78, 5) is 10.8. The van der Waals surface area contributed by atoms with Crippen LogP contribution in [0.15, 0.2) is 0 Å². The van der Waals surface area contributed by atoms with Crippen LogP contribution < -0.4 is 0 Å². The molecule has 1 fully saturated rings. The Labute approximate surface area is 59.6 Å². The maximum Gasteiger partial charge on any atom is 0.323 e. The van der Waals surface area contributed by atoms with E-state index < -0.39 is 5.92 Å². The minimum Gasteiger partial charge on any atom is -0.468 e. The Morgan fingerprint density at radius 3 is 2.70 bits per heavy atom. The average Bonchev–Trinajstić information content (AvgIpc) is 2.73. The number of methoxy groups -OCH3 is 1. The van der Waals surface area contributed by atoms with E-state index in [9.17, 15) is 4.79 Å². The van der Waals surface area contributed by atoms with Crippen molar-refractivity contribution in [1.82, 2.24) is 0 Å². The smallest absolute Gasteiger partial charge is 0.323 e. The Hall–Kier alpha value is -1.04. The number of nitrogens with zero attached hydrogens (tertiary/aromatic N) is 1. The van der Waals surface area contributed by atoms with Gasteiger partial charge < -0.3 is 4.74 Å². The SMILES string of the molecule is COC(=O)[C@@H](C#N)C1CC1. The Morgan fingerprint density at radius 2 is 2.40 bits per heavy atom. The van der Waals surface area contributed by atoms with Gasteiger partial charge in [-0.1, -0.05) is 0 Å². The number of nitriles is 1. The number of rotatable bonds is 2. The van der Waals surface area contributed by atoms with Gasteiger partial charge in [-0.2, -0.15) is 5.26 Å². The third kappa shape index (κ3) is 1.27. The highest BCUT2D eigenvalue weighted by molar-refractivity contribution is 5.75. The molecule has 54 valence electrons. The lowest BCUT2D eigenvalue weighted by molar-refractivity contribution is -0.144. The van der Waals surface area contributed by atoms with E-state index in [0.29, 0.717) is 0 Å². The lowest BCUT2D eigenvalue weighted by atomic mass is 10.1. The van der Waals surface area contributed by atoms with E-state index in [4.69, 9.17) is 5.26 Å². The zero-order valence-electron chi connectivity index (χ0n) is 5.83. The summed E-state index contributed by atoms with van der Waals surface area (Å²) < 4.78 is 4.44. The molecule has 0 amide bonds. The van der Waals surface area contributed by atoms with Gasteiger partial charge >= 0.3 is 5.97 Å². The highest BCUT2D eigenvalue weighted by atomic mass is 16.5. The van der Waals surface area contributed by atoms with Crippen molar-refractivity contribution in [3.05, 3.63) is 0 Å². The van der Waals surface area contributed by atoms with Gasteiger partial charge in [0, 0.05) is 0 Å². The molecule has 0 radical (unpaired) electrons. The summed E-state index contributed by atoms with van der Waals surface area (Å²) in [5, 5.41) is 8.49. The van der Waals surface area contributed by atoms with Crippen LogP contribution in [0.3, 0.4) is 0 Å². The van der Waals surface area contributed by atoms with Gasteiger partial charge in [-0.25, -0.2) is 0 Å². The molecule has 0 heterocycles. The van der Waals surface area contributed by atoms with Gasteiger partial charge in [0.2, 0.25) is 0 Å². The minimum atomic E-state index is -0.509. The van der Waals surface area contributed by atoms with Crippen molar-refractivity contribution in [2.75, 3.05) is 7.11 Å². The van der Waals surface area contributed by atoms with Crippen molar-refractivity contribution in [3.63, 3.8) is 0 Å². The second-order valence-electron chi connectivity index (χ2n) is 2.47. The summed E-state index contributed by atoms with van der Waals surface area (Å²) in [7, 11) is 1.31. The molecule has 1 saturated carbocycles. The van der Waals surface area contributed by atoms with Gasteiger partial charge in [0.1, 0.15) is 5.92 Å².